The van der Waals surface area contributed by atoms with Crippen LogP contribution < -0.4 is 29.6 Å². The number of para-hydroxylation sites is 2. The lowest BCUT2D eigenvalue weighted by Gasteiger charge is -2.14. The van der Waals surface area contributed by atoms with Crippen molar-refractivity contribution in [3.63, 3.8) is 0 Å². The summed E-state index contributed by atoms with van der Waals surface area (Å²) in [5.74, 6) is -0.0105. The normalized spacial score (nSPS) is 11.2. The Morgan fingerprint density at radius 2 is 0.854 bits per heavy atom. The summed E-state index contributed by atoms with van der Waals surface area (Å²) in [6.45, 7) is 3.67. The van der Waals surface area contributed by atoms with Gasteiger partial charge in [-0.2, -0.15) is 16.8 Å². The molecule has 0 aliphatic carbocycles. The van der Waals surface area contributed by atoms with E-state index in [-0.39, 0.29) is 44.0 Å². The molecule has 0 atom stereocenters. The van der Waals surface area contributed by atoms with Gasteiger partial charge in [-0.15, -0.1) is 0 Å². The molecule has 0 aliphatic rings. The molecule has 0 bridgehead atoms. The van der Waals surface area contributed by atoms with Gasteiger partial charge in [0.2, 0.25) is 0 Å². The van der Waals surface area contributed by atoms with Crippen molar-refractivity contribution in [2.24, 2.45) is 0 Å². The van der Waals surface area contributed by atoms with Gasteiger partial charge in [-0.25, -0.2) is 9.59 Å². The summed E-state index contributed by atoms with van der Waals surface area (Å²) in [6.07, 6.45) is 0. The van der Waals surface area contributed by atoms with E-state index in [1.54, 1.807) is 60.7 Å². The second-order valence-electron chi connectivity index (χ2n) is 10.5. The molecule has 0 unspecified atom stereocenters. The monoisotopic (exact) mass is 686 g/mol. The van der Waals surface area contributed by atoms with Gasteiger partial charge in [0.25, 0.3) is 0 Å². The first kappa shape index (κ1) is 33.5. The lowest BCUT2D eigenvalue weighted by molar-refractivity contribution is 0.261. The number of nitrogens with one attached hydrogen (secondary N) is 4. The zero-order valence-corrected chi connectivity index (χ0v) is 27.3. The fourth-order valence-corrected chi connectivity index (χ4v) is 6.13. The van der Waals surface area contributed by atoms with E-state index in [4.69, 9.17) is 8.37 Å². The first-order chi connectivity index (χ1) is 22.9. The third-order valence-corrected chi connectivity index (χ3v) is 9.16. The Hall–Kier alpha value is -5.86. The van der Waals surface area contributed by atoms with Crippen LogP contribution in [0.5, 0.6) is 11.5 Å². The maximum absolute atomic E-state index is 12.9. The average molecular weight is 687 g/mol. The van der Waals surface area contributed by atoms with Crippen molar-refractivity contribution in [3.8, 4) is 11.5 Å². The lowest BCUT2D eigenvalue weighted by Crippen LogP contribution is -2.23. The number of hydrogen-bond donors (Lipinski definition) is 4. The zero-order chi connectivity index (χ0) is 34.3. The predicted molar refractivity (Wildman–Crippen MR) is 183 cm³/mol. The second kappa shape index (κ2) is 14.3. The van der Waals surface area contributed by atoms with Crippen LogP contribution in [-0.2, 0) is 20.2 Å². The molecule has 0 fully saturated rings. The molecule has 4 N–H and O–H groups in total. The molecule has 0 aliphatic heterocycles. The molecular weight excluding hydrogens is 657 g/mol. The summed E-state index contributed by atoms with van der Waals surface area (Å²) >= 11 is 0. The van der Waals surface area contributed by atoms with E-state index in [2.05, 4.69) is 21.3 Å². The smallest absolute Gasteiger partial charge is 0.339 e. The minimum Gasteiger partial charge on any atom is -0.379 e. The van der Waals surface area contributed by atoms with E-state index in [0.717, 1.165) is 11.1 Å². The van der Waals surface area contributed by atoms with Crippen LogP contribution in [-0.4, -0.2) is 28.9 Å². The van der Waals surface area contributed by atoms with Crippen LogP contribution >= 0.6 is 0 Å². The Morgan fingerprint density at radius 3 is 1.23 bits per heavy atom. The number of rotatable bonds is 10. The Labute approximate surface area is 278 Å². The molecule has 246 valence electrons. The summed E-state index contributed by atoms with van der Waals surface area (Å²) in [7, 11) is -8.19. The Kier molecular flexibility index (Phi) is 9.96. The lowest BCUT2D eigenvalue weighted by atomic mass is 10.2. The molecule has 0 heterocycles. The number of benzene rings is 5. The van der Waals surface area contributed by atoms with Crippen LogP contribution in [0.4, 0.5) is 32.3 Å². The number of carbonyl (C=O) groups is 2. The van der Waals surface area contributed by atoms with Crippen LogP contribution in [0, 0.1) is 13.8 Å². The van der Waals surface area contributed by atoms with Gasteiger partial charge in [0.05, 0.1) is 11.4 Å². The highest BCUT2D eigenvalue weighted by atomic mass is 32.2. The van der Waals surface area contributed by atoms with E-state index in [0.29, 0.717) is 0 Å². The molecule has 14 heteroatoms. The molecular formula is C34H30N4O8S2. The van der Waals surface area contributed by atoms with E-state index in [1.807, 2.05) is 13.8 Å². The van der Waals surface area contributed by atoms with Gasteiger partial charge >= 0.3 is 32.3 Å². The van der Waals surface area contributed by atoms with Gasteiger partial charge in [-0.05, 0) is 74.5 Å². The van der Waals surface area contributed by atoms with Crippen molar-refractivity contribution in [2.75, 3.05) is 21.3 Å². The number of hydrogen-bond acceptors (Lipinski definition) is 8. The average Bonchev–Trinajstić information content (AvgIpc) is 3.02. The van der Waals surface area contributed by atoms with E-state index >= 15 is 0 Å². The molecule has 5 rings (SSSR count). The Bertz CT molecular complexity index is 2020. The maximum atomic E-state index is 12.9. The van der Waals surface area contributed by atoms with Crippen molar-refractivity contribution in [3.05, 3.63) is 132 Å². The molecule has 0 spiro atoms. The predicted octanol–water partition coefficient (Wildman–Crippen LogP) is 7.13. The van der Waals surface area contributed by atoms with Crippen LogP contribution in [0.25, 0.3) is 0 Å². The van der Waals surface area contributed by atoms with Crippen LogP contribution in [0.3, 0.4) is 0 Å². The van der Waals surface area contributed by atoms with Gasteiger partial charge < -0.3 is 29.6 Å². The summed E-state index contributed by atoms with van der Waals surface area (Å²) < 4.78 is 61.2. The van der Waals surface area contributed by atoms with Gasteiger partial charge in [-0.3, -0.25) is 0 Å². The summed E-state index contributed by atoms with van der Waals surface area (Å²) in [4.78, 5) is 25.7. The van der Waals surface area contributed by atoms with Crippen molar-refractivity contribution >= 4 is 55.0 Å². The third-order valence-electron chi connectivity index (χ3n) is 6.64. The van der Waals surface area contributed by atoms with Crippen molar-refractivity contribution < 1.29 is 34.8 Å². The molecule has 0 radical (unpaired) electrons. The van der Waals surface area contributed by atoms with Crippen molar-refractivity contribution in [2.45, 2.75) is 23.6 Å². The number of anilines is 4. The number of urea groups is 2. The SMILES string of the molecule is Cc1ccc(S(=O)(=O)Oc2cccc(NC(=O)Nc3ccccc3NC(=O)Nc3cccc(OS(=O)(=O)c4ccc(C)cc4)c3)c2)cc1. The summed E-state index contributed by atoms with van der Waals surface area (Å²) in [6, 6.07) is 29.2. The van der Waals surface area contributed by atoms with E-state index in [1.165, 1.54) is 60.7 Å². The minimum absolute atomic E-state index is 0.00525. The largest absolute Gasteiger partial charge is 0.379 e. The molecule has 12 nitrogen and oxygen atoms in total. The molecule has 4 amide bonds. The van der Waals surface area contributed by atoms with Crippen LogP contribution in [0.1, 0.15) is 11.1 Å². The maximum Gasteiger partial charge on any atom is 0.339 e. The minimum atomic E-state index is -4.10. The van der Waals surface area contributed by atoms with Crippen molar-refractivity contribution in [1.82, 2.24) is 0 Å². The Balaban J connectivity index is 1.20. The highest BCUT2D eigenvalue weighted by Gasteiger charge is 2.18. The van der Waals surface area contributed by atoms with E-state index < -0.39 is 32.3 Å². The molecule has 0 saturated carbocycles. The van der Waals surface area contributed by atoms with Gasteiger partial charge in [0.1, 0.15) is 21.3 Å². The fourth-order valence-electron chi connectivity index (χ4n) is 4.28. The quantitative estimate of drug-likeness (QED) is 0.113. The standard InChI is InChI=1S/C34H30N4O8S2/c1-23-13-17-29(18-14-23)47(41,42)45-27-9-5-7-25(21-27)35-33(39)37-31-11-3-4-12-32(31)38-34(40)36-26-8-6-10-28(22-26)46-48(43,44)30-19-15-24(2)16-20-30/h3-22H,1-2H3,(H2,35,37,39)(H2,36,38,40). The van der Waals surface area contributed by atoms with Crippen molar-refractivity contribution in [1.29, 1.82) is 0 Å². The number of aryl methyl sites for hydroxylation is 2. The molecule has 0 aromatic heterocycles. The van der Waals surface area contributed by atoms with Gasteiger partial charge in [0.15, 0.2) is 0 Å². The molecule has 5 aromatic carbocycles. The number of amides is 4. The van der Waals surface area contributed by atoms with Crippen LogP contribution in [0.15, 0.2) is 131 Å². The molecule has 48 heavy (non-hydrogen) atoms. The first-order valence-electron chi connectivity index (χ1n) is 14.3. The topological polar surface area (TPSA) is 169 Å². The highest BCUT2D eigenvalue weighted by Crippen LogP contribution is 2.26. The third kappa shape index (κ3) is 8.90. The number of carbonyl (C=O) groups excluding carboxylic acids is 2. The Morgan fingerprint density at radius 1 is 0.479 bits per heavy atom. The van der Waals surface area contributed by atoms with Gasteiger partial charge in [0, 0.05) is 23.5 Å². The van der Waals surface area contributed by atoms with Crippen LogP contribution in [0.2, 0.25) is 0 Å². The summed E-state index contributed by atoms with van der Waals surface area (Å²) in [5, 5.41) is 10.5. The highest BCUT2D eigenvalue weighted by molar-refractivity contribution is 7.87. The van der Waals surface area contributed by atoms with Gasteiger partial charge in [-0.1, -0.05) is 59.7 Å². The zero-order valence-electron chi connectivity index (χ0n) is 25.6. The fraction of sp³-hybridized carbons (Fsp3) is 0.0588. The second-order valence-corrected chi connectivity index (χ2v) is 13.6. The summed E-state index contributed by atoms with van der Waals surface area (Å²) in [5.41, 5.74) is 2.79. The molecule has 0 saturated heterocycles. The first-order valence-corrected chi connectivity index (χ1v) is 17.2. The molecule has 5 aromatic rings. The van der Waals surface area contributed by atoms with E-state index in [9.17, 15) is 26.4 Å².